The topological polar surface area (TPSA) is 88.1 Å². The van der Waals surface area contributed by atoms with Crippen LogP contribution in [0.4, 0.5) is 5.69 Å². The van der Waals surface area contributed by atoms with Gasteiger partial charge in [0.1, 0.15) is 12.3 Å². The molecule has 0 radical (unpaired) electrons. The molecule has 186 valence electrons. The van der Waals surface area contributed by atoms with Gasteiger partial charge in [0.2, 0.25) is 10.0 Å². The number of hydrazone groups is 1. The number of rotatable bonds is 8. The molecule has 0 saturated heterocycles. The van der Waals surface area contributed by atoms with Gasteiger partial charge in [-0.25, -0.2) is 13.8 Å². The minimum absolute atomic E-state index is 0.244. The van der Waals surface area contributed by atoms with Crippen LogP contribution in [-0.4, -0.2) is 40.4 Å². The lowest BCUT2D eigenvalue weighted by atomic mass is 9.48. The number of carbonyl (C=O) groups excluding carboxylic acids is 1. The van der Waals surface area contributed by atoms with Crippen molar-refractivity contribution in [2.45, 2.75) is 43.9 Å². The number of hydrogen-bond donors (Lipinski definition) is 1. The Bertz CT molecular complexity index is 1190. The van der Waals surface area contributed by atoms with Gasteiger partial charge in [0.25, 0.3) is 5.91 Å². The summed E-state index contributed by atoms with van der Waals surface area (Å²) in [5.41, 5.74) is 5.18. The predicted molar refractivity (Wildman–Crippen MR) is 137 cm³/mol. The molecule has 7 nitrogen and oxygen atoms in total. The lowest BCUT2D eigenvalue weighted by Gasteiger charge is -2.57. The Hall–Kier alpha value is -2.87. The van der Waals surface area contributed by atoms with E-state index in [4.69, 9.17) is 4.74 Å². The summed E-state index contributed by atoms with van der Waals surface area (Å²) < 4.78 is 31.5. The van der Waals surface area contributed by atoms with E-state index >= 15 is 0 Å². The molecular formula is C27H33N3O4S. The largest absolute Gasteiger partial charge is 0.496 e. The van der Waals surface area contributed by atoms with Crippen LogP contribution in [0.25, 0.3) is 0 Å². The second-order valence-corrected chi connectivity index (χ2v) is 12.5. The van der Waals surface area contributed by atoms with Crippen LogP contribution in [-0.2, 0) is 20.2 Å². The zero-order chi connectivity index (χ0) is 24.6. The van der Waals surface area contributed by atoms with Crippen molar-refractivity contribution in [2.24, 2.45) is 22.9 Å². The molecule has 1 amide bonds. The van der Waals surface area contributed by atoms with Crippen molar-refractivity contribution in [2.75, 3.05) is 24.2 Å². The van der Waals surface area contributed by atoms with E-state index in [-0.39, 0.29) is 12.0 Å². The molecule has 8 heteroatoms. The summed E-state index contributed by atoms with van der Waals surface area (Å²) in [6, 6.07) is 15.1. The Morgan fingerprint density at radius 2 is 1.66 bits per heavy atom. The molecule has 4 aliphatic carbocycles. The fraction of sp³-hybridized carbons (Fsp3) is 0.481. The number of para-hydroxylation sites is 1. The fourth-order valence-electron chi connectivity index (χ4n) is 6.96. The van der Waals surface area contributed by atoms with E-state index in [1.54, 1.807) is 13.2 Å². The van der Waals surface area contributed by atoms with E-state index in [0.717, 1.165) is 28.3 Å². The van der Waals surface area contributed by atoms with Gasteiger partial charge in [0, 0.05) is 5.56 Å². The summed E-state index contributed by atoms with van der Waals surface area (Å²) in [7, 11) is -2.10. The number of nitrogens with one attached hydrogen (secondary N) is 1. The SMILES string of the molecule is COc1ccccc1C=NNC(=O)CN(c1ccc(C23CC4CC(CC(C4)C2)C3)cc1)S(C)(=O)=O. The van der Waals surface area contributed by atoms with Gasteiger partial charge >= 0.3 is 0 Å². The summed E-state index contributed by atoms with van der Waals surface area (Å²) in [4.78, 5) is 12.6. The van der Waals surface area contributed by atoms with Gasteiger partial charge in [0.15, 0.2) is 0 Å². The summed E-state index contributed by atoms with van der Waals surface area (Å²) in [6.45, 7) is -0.348. The van der Waals surface area contributed by atoms with Crippen LogP contribution < -0.4 is 14.5 Å². The Kier molecular flexibility index (Phi) is 6.34. The second-order valence-electron chi connectivity index (χ2n) is 10.5. The predicted octanol–water partition coefficient (Wildman–Crippen LogP) is 4.08. The third-order valence-corrected chi connectivity index (χ3v) is 9.17. The van der Waals surface area contributed by atoms with Crippen molar-refractivity contribution in [3.05, 3.63) is 59.7 Å². The maximum absolute atomic E-state index is 12.6. The number of methoxy groups -OCH3 is 1. The number of ether oxygens (including phenoxy) is 1. The zero-order valence-corrected chi connectivity index (χ0v) is 21.1. The summed E-state index contributed by atoms with van der Waals surface area (Å²) >= 11 is 0. The molecule has 0 aliphatic heterocycles. The van der Waals surface area contributed by atoms with Crippen LogP contribution in [0.1, 0.15) is 49.7 Å². The van der Waals surface area contributed by atoms with E-state index in [1.807, 2.05) is 30.3 Å². The first-order chi connectivity index (χ1) is 16.8. The van der Waals surface area contributed by atoms with E-state index in [1.165, 1.54) is 50.3 Å². The Balaban J connectivity index is 1.29. The molecule has 6 rings (SSSR count). The van der Waals surface area contributed by atoms with Crippen molar-refractivity contribution in [1.82, 2.24) is 5.43 Å². The lowest BCUT2D eigenvalue weighted by Crippen LogP contribution is -2.48. The highest BCUT2D eigenvalue weighted by Crippen LogP contribution is 2.60. The van der Waals surface area contributed by atoms with Crippen LogP contribution in [0.3, 0.4) is 0 Å². The number of hydrogen-bond acceptors (Lipinski definition) is 5. The standard InChI is InChI=1S/C27H33N3O4S/c1-34-25-6-4-3-5-22(25)17-28-29-26(31)18-30(35(2,32)33)24-9-7-23(8-10-24)27-14-19-11-20(15-27)13-21(12-19)16-27/h3-10,17,19-21H,11-16,18H2,1-2H3,(H,29,31). The van der Waals surface area contributed by atoms with Gasteiger partial charge in [-0.15, -0.1) is 0 Å². The molecule has 4 bridgehead atoms. The van der Waals surface area contributed by atoms with Crippen molar-refractivity contribution in [3.63, 3.8) is 0 Å². The molecule has 4 aliphatic rings. The monoisotopic (exact) mass is 495 g/mol. The average Bonchev–Trinajstić information content (AvgIpc) is 2.81. The van der Waals surface area contributed by atoms with Gasteiger partial charge in [0.05, 0.1) is 25.3 Å². The highest BCUT2D eigenvalue weighted by molar-refractivity contribution is 7.92. The molecule has 4 saturated carbocycles. The molecule has 1 N–H and O–H groups in total. The Morgan fingerprint density at radius 1 is 1.06 bits per heavy atom. The van der Waals surface area contributed by atoms with Crippen LogP contribution in [0.15, 0.2) is 53.6 Å². The van der Waals surface area contributed by atoms with Gasteiger partial charge in [-0.1, -0.05) is 24.3 Å². The molecule has 0 aromatic heterocycles. The van der Waals surface area contributed by atoms with E-state index in [2.05, 4.69) is 22.7 Å². The molecule has 2 aromatic carbocycles. The highest BCUT2D eigenvalue weighted by Gasteiger charge is 2.51. The van der Waals surface area contributed by atoms with Gasteiger partial charge in [-0.2, -0.15) is 5.10 Å². The van der Waals surface area contributed by atoms with Crippen LogP contribution in [0, 0.1) is 17.8 Å². The van der Waals surface area contributed by atoms with Gasteiger partial charge in [-0.3, -0.25) is 9.10 Å². The van der Waals surface area contributed by atoms with Crippen LogP contribution in [0.5, 0.6) is 5.75 Å². The van der Waals surface area contributed by atoms with Crippen molar-refractivity contribution in [1.29, 1.82) is 0 Å². The molecule has 0 spiro atoms. The number of sulfonamides is 1. The molecule has 0 heterocycles. The lowest BCUT2D eigenvalue weighted by molar-refractivity contribution is -0.119. The van der Waals surface area contributed by atoms with E-state index in [9.17, 15) is 13.2 Å². The molecule has 0 unspecified atom stereocenters. The fourth-order valence-corrected chi connectivity index (χ4v) is 7.81. The molecule has 0 atom stereocenters. The minimum Gasteiger partial charge on any atom is -0.496 e. The summed E-state index contributed by atoms with van der Waals surface area (Å²) in [5.74, 6) is 2.63. The van der Waals surface area contributed by atoms with Crippen molar-refractivity contribution < 1.29 is 17.9 Å². The first-order valence-electron chi connectivity index (χ1n) is 12.3. The maximum Gasteiger partial charge on any atom is 0.260 e. The number of carbonyl (C=O) groups is 1. The summed E-state index contributed by atoms with van der Waals surface area (Å²) in [6.07, 6.45) is 10.5. The third kappa shape index (κ3) is 4.94. The van der Waals surface area contributed by atoms with E-state index < -0.39 is 15.9 Å². The molecular weight excluding hydrogens is 462 g/mol. The number of amides is 1. The first kappa shape index (κ1) is 23.9. The average molecular weight is 496 g/mol. The van der Waals surface area contributed by atoms with Crippen LogP contribution in [0.2, 0.25) is 0 Å². The van der Waals surface area contributed by atoms with Crippen molar-refractivity contribution in [3.8, 4) is 5.75 Å². The van der Waals surface area contributed by atoms with E-state index in [0.29, 0.717) is 17.0 Å². The number of anilines is 1. The first-order valence-corrected chi connectivity index (χ1v) is 14.1. The quantitative estimate of drug-likeness (QED) is 0.442. The second kappa shape index (κ2) is 9.30. The number of benzene rings is 2. The third-order valence-electron chi connectivity index (χ3n) is 8.03. The molecule has 2 aromatic rings. The number of nitrogens with zero attached hydrogens (tertiary/aromatic N) is 2. The molecule has 35 heavy (non-hydrogen) atoms. The Morgan fingerprint density at radius 3 is 2.23 bits per heavy atom. The van der Waals surface area contributed by atoms with Gasteiger partial charge < -0.3 is 4.74 Å². The molecule has 4 fully saturated rings. The van der Waals surface area contributed by atoms with Crippen molar-refractivity contribution >= 4 is 27.8 Å². The minimum atomic E-state index is -3.66. The smallest absolute Gasteiger partial charge is 0.260 e. The van der Waals surface area contributed by atoms with Gasteiger partial charge in [-0.05, 0) is 91.5 Å². The summed E-state index contributed by atoms with van der Waals surface area (Å²) in [5, 5.41) is 3.97. The maximum atomic E-state index is 12.6. The Labute approximate surface area is 207 Å². The normalized spacial score (nSPS) is 27.2. The van der Waals surface area contributed by atoms with Crippen LogP contribution >= 0.6 is 0 Å². The zero-order valence-electron chi connectivity index (χ0n) is 20.3. The highest BCUT2D eigenvalue weighted by atomic mass is 32.2.